The molecule has 3 rings (SSSR count). The SMILES string of the molecule is CN(C(=O)COC(=O)CCCNC(=O)c1ccco1)C1CCCc2ccccc21. The van der Waals surface area contributed by atoms with Gasteiger partial charge in [-0.3, -0.25) is 14.4 Å². The molecule has 2 amide bonds. The third-order valence-corrected chi connectivity index (χ3v) is 5.14. The Balaban J connectivity index is 1.38. The van der Waals surface area contributed by atoms with E-state index in [0.29, 0.717) is 13.0 Å². The summed E-state index contributed by atoms with van der Waals surface area (Å²) >= 11 is 0. The summed E-state index contributed by atoms with van der Waals surface area (Å²) in [5.74, 6) is -0.771. The third-order valence-electron chi connectivity index (χ3n) is 5.14. The molecule has 0 aliphatic heterocycles. The van der Waals surface area contributed by atoms with E-state index in [0.717, 1.165) is 19.3 Å². The Kier molecular flexibility index (Phi) is 7.05. The molecule has 0 fully saturated rings. The topological polar surface area (TPSA) is 88.9 Å². The van der Waals surface area contributed by atoms with Gasteiger partial charge in [0, 0.05) is 20.0 Å². The molecule has 1 atom stereocenters. The van der Waals surface area contributed by atoms with Crippen LogP contribution in [0.1, 0.15) is 53.4 Å². The summed E-state index contributed by atoms with van der Waals surface area (Å²) in [4.78, 5) is 37.8. The summed E-state index contributed by atoms with van der Waals surface area (Å²) in [7, 11) is 1.76. The van der Waals surface area contributed by atoms with E-state index in [2.05, 4.69) is 17.4 Å². The second kappa shape index (κ2) is 9.91. The molecule has 1 unspecified atom stereocenters. The van der Waals surface area contributed by atoms with E-state index < -0.39 is 5.97 Å². The minimum Gasteiger partial charge on any atom is -0.459 e. The first kappa shape index (κ1) is 20.6. The van der Waals surface area contributed by atoms with Crippen LogP contribution in [0.3, 0.4) is 0 Å². The highest BCUT2D eigenvalue weighted by molar-refractivity contribution is 5.91. The number of likely N-dealkylation sites (N-methyl/N-ethyl adjacent to an activating group) is 1. The van der Waals surface area contributed by atoms with Gasteiger partial charge in [-0.05, 0) is 48.9 Å². The van der Waals surface area contributed by atoms with Crippen molar-refractivity contribution >= 4 is 17.8 Å². The number of rotatable bonds is 8. The molecular formula is C22H26N2O5. The Morgan fingerprint density at radius 2 is 2.03 bits per heavy atom. The zero-order chi connectivity index (χ0) is 20.6. The molecule has 7 nitrogen and oxygen atoms in total. The van der Waals surface area contributed by atoms with Gasteiger partial charge >= 0.3 is 5.97 Å². The van der Waals surface area contributed by atoms with Gasteiger partial charge in [0.15, 0.2) is 12.4 Å². The lowest BCUT2D eigenvalue weighted by atomic mass is 9.87. The van der Waals surface area contributed by atoms with Gasteiger partial charge in [0.05, 0.1) is 12.3 Å². The summed E-state index contributed by atoms with van der Waals surface area (Å²) in [5.41, 5.74) is 2.45. The number of ether oxygens (including phenoxy) is 1. The van der Waals surface area contributed by atoms with Gasteiger partial charge in [-0.25, -0.2) is 0 Å². The van der Waals surface area contributed by atoms with Gasteiger partial charge in [-0.2, -0.15) is 0 Å². The highest BCUT2D eigenvalue weighted by Gasteiger charge is 2.26. The maximum atomic E-state index is 12.5. The molecule has 154 valence electrons. The Morgan fingerprint density at radius 1 is 1.21 bits per heavy atom. The summed E-state index contributed by atoms with van der Waals surface area (Å²) < 4.78 is 10.1. The number of esters is 1. The molecule has 1 N–H and O–H groups in total. The number of carbonyl (C=O) groups is 3. The number of nitrogens with one attached hydrogen (secondary N) is 1. The first-order valence-electron chi connectivity index (χ1n) is 9.87. The van der Waals surface area contributed by atoms with Gasteiger partial charge in [0.25, 0.3) is 11.8 Å². The molecule has 0 saturated heterocycles. The van der Waals surface area contributed by atoms with E-state index in [1.165, 1.54) is 17.4 Å². The number of benzene rings is 1. The summed E-state index contributed by atoms with van der Waals surface area (Å²) in [5, 5.41) is 2.66. The third kappa shape index (κ3) is 5.47. The fourth-order valence-electron chi connectivity index (χ4n) is 3.55. The Bertz CT molecular complexity index is 847. The zero-order valence-corrected chi connectivity index (χ0v) is 16.6. The fraction of sp³-hybridized carbons (Fsp3) is 0.409. The van der Waals surface area contributed by atoms with Gasteiger partial charge < -0.3 is 19.4 Å². The first-order chi connectivity index (χ1) is 14.1. The number of fused-ring (bicyclic) bond motifs is 1. The van der Waals surface area contributed by atoms with Crippen LogP contribution in [0.2, 0.25) is 0 Å². The van der Waals surface area contributed by atoms with E-state index >= 15 is 0 Å². The normalized spacial score (nSPS) is 15.3. The molecule has 1 aliphatic rings. The van der Waals surface area contributed by atoms with Crippen molar-refractivity contribution in [2.75, 3.05) is 20.2 Å². The number of carbonyl (C=O) groups excluding carboxylic acids is 3. The fourth-order valence-corrected chi connectivity index (χ4v) is 3.55. The predicted octanol–water partition coefficient (Wildman–Crippen LogP) is 2.87. The second-order valence-electron chi connectivity index (χ2n) is 7.11. The number of hydrogen-bond acceptors (Lipinski definition) is 5. The van der Waals surface area contributed by atoms with Crippen molar-refractivity contribution in [1.82, 2.24) is 10.2 Å². The van der Waals surface area contributed by atoms with Crippen molar-refractivity contribution < 1.29 is 23.5 Å². The molecule has 1 aromatic carbocycles. The van der Waals surface area contributed by atoms with Gasteiger partial charge in [0.2, 0.25) is 0 Å². The molecule has 0 radical (unpaired) electrons. The van der Waals surface area contributed by atoms with Crippen LogP contribution < -0.4 is 5.32 Å². The van der Waals surface area contributed by atoms with Crippen molar-refractivity contribution in [3.63, 3.8) is 0 Å². The molecule has 1 heterocycles. The molecule has 2 aromatic rings. The molecule has 0 bridgehead atoms. The monoisotopic (exact) mass is 398 g/mol. The molecule has 1 aliphatic carbocycles. The van der Waals surface area contributed by atoms with Crippen molar-refractivity contribution in [1.29, 1.82) is 0 Å². The molecule has 0 spiro atoms. The highest BCUT2D eigenvalue weighted by atomic mass is 16.5. The largest absolute Gasteiger partial charge is 0.459 e. The van der Waals surface area contributed by atoms with E-state index in [9.17, 15) is 14.4 Å². The van der Waals surface area contributed by atoms with Crippen molar-refractivity contribution in [2.24, 2.45) is 0 Å². The minimum absolute atomic E-state index is 0.0166. The minimum atomic E-state index is -0.456. The number of aryl methyl sites for hydroxylation is 1. The predicted molar refractivity (Wildman–Crippen MR) is 106 cm³/mol. The lowest BCUT2D eigenvalue weighted by Gasteiger charge is -2.33. The number of furan rings is 1. The standard InChI is InChI=1S/C22H26N2O5/c1-24(18-10-4-8-16-7-2-3-9-17(16)18)20(25)15-29-21(26)12-5-13-23-22(27)19-11-6-14-28-19/h2-3,6-7,9,11,14,18H,4-5,8,10,12-13,15H2,1H3,(H,23,27). The lowest BCUT2D eigenvalue weighted by molar-refractivity contribution is -0.152. The molecule has 29 heavy (non-hydrogen) atoms. The highest BCUT2D eigenvalue weighted by Crippen LogP contribution is 2.33. The average Bonchev–Trinajstić information content (AvgIpc) is 3.29. The van der Waals surface area contributed by atoms with Crippen LogP contribution in [-0.2, 0) is 20.7 Å². The van der Waals surface area contributed by atoms with Gasteiger partial charge in [-0.1, -0.05) is 24.3 Å². The second-order valence-corrected chi connectivity index (χ2v) is 7.11. The molecule has 7 heteroatoms. The maximum absolute atomic E-state index is 12.5. The van der Waals surface area contributed by atoms with E-state index in [-0.39, 0.29) is 36.6 Å². The van der Waals surface area contributed by atoms with Gasteiger partial charge in [-0.15, -0.1) is 0 Å². The van der Waals surface area contributed by atoms with Crippen LogP contribution in [0.5, 0.6) is 0 Å². The molecule has 1 aromatic heterocycles. The van der Waals surface area contributed by atoms with Crippen LogP contribution in [-0.4, -0.2) is 42.9 Å². The smallest absolute Gasteiger partial charge is 0.306 e. The van der Waals surface area contributed by atoms with Crippen LogP contribution in [0.4, 0.5) is 0 Å². The van der Waals surface area contributed by atoms with Crippen LogP contribution in [0, 0.1) is 0 Å². The van der Waals surface area contributed by atoms with E-state index in [1.54, 1.807) is 24.1 Å². The van der Waals surface area contributed by atoms with E-state index in [1.807, 2.05) is 12.1 Å². The first-order valence-corrected chi connectivity index (χ1v) is 9.87. The number of nitrogens with zero attached hydrogens (tertiary/aromatic N) is 1. The average molecular weight is 398 g/mol. The maximum Gasteiger partial charge on any atom is 0.306 e. The lowest BCUT2D eigenvalue weighted by Crippen LogP contribution is -2.36. The quantitative estimate of drug-likeness (QED) is 0.546. The van der Waals surface area contributed by atoms with Crippen molar-refractivity contribution in [2.45, 2.75) is 38.1 Å². The van der Waals surface area contributed by atoms with Crippen LogP contribution in [0.25, 0.3) is 0 Å². The van der Waals surface area contributed by atoms with Crippen LogP contribution >= 0.6 is 0 Å². The Labute approximate surface area is 170 Å². The summed E-state index contributed by atoms with van der Waals surface area (Å²) in [6.45, 7) is 0.0497. The summed E-state index contributed by atoms with van der Waals surface area (Å²) in [6, 6.07) is 11.4. The van der Waals surface area contributed by atoms with E-state index in [4.69, 9.17) is 9.15 Å². The Hall–Kier alpha value is -3.09. The summed E-state index contributed by atoms with van der Waals surface area (Å²) in [6.07, 6.45) is 4.94. The Morgan fingerprint density at radius 3 is 2.83 bits per heavy atom. The van der Waals surface area contributed by atoms with Crippen LogP contribution in [0.15, 0.2) is 47.1 Å². The number of amides is 2. The zero-order valence-electron chi connectivity index (χ0n) is 16.6. The van der Waals surface area contributed by atoms with Gasteiger partial charge in [0.1, 0.15) is 0 Å². The number of hydrogen-bond donors (Lipinski definition) is 1. The van der Waals surface area contributed by atoms with Crippen molar-refractivity contribution in [3.05, 3.63) is 59.5 Å². The molecular weight excluding hydrogens is 372 g/mol. The van der Waals surface area contributed by atoms with Crippen molar-refractivity contribution in [3.8, 4) is 0 Å². The molecule has 0 saturated carbocycles.